The monoisotopic (exact) mass is 598 g/mol. The van der Waals surface area contributed by atoms with Crippen LogP contribution in [0, 0.1) is 23.2 Å². The van der Waals surface area contributed by atoms with Crippen LogP contribution in [-0.4, -0.2) is 76.9 Å². The lowest BCUT2D eigenvalue weighted by molar-refractivity contribution is -0.310. The molecule has 12 heteroatoms. The van der Waals surface area contributed by atoms with E-state index in [2.05, 4.69) is 6.58 Å². The number of carbonyl (C=O) groups excluding carboxylic acids is 5. The highest BCUT2D eigenvalue weighted by atomic mass is 35.5. The van der Waals surface area contributed by atoms with E-state index in [0.717, 1.165) is 0 Å². The predicted octanol–water partition coefficient (Wildman–Crippen LogP) is 3.03. The number of ether oxygens (including phenoxy) is 6. The van der Waals surface area contributed by atoms with Crippen LogP contribution in [0.3, 0.4) is 0 Å². The summed E-state index contributed by atoms with van der Waals surface area (Å²) in [7, 11) is 0. The first-order valence-electron chi connectivity index (χ1n) is 13.8. The molecular weight excluding hydrogens is 560 g/mol. The summed E-state index contributed by atoms with van der Waals surface area (Å²) in [5, 5.41) is -0.935. The molecule has 1 saturated carbocycles. The molecule has 3 heterocycles. The molecule has 4 rings (SSSR count). The van der Waals surface area contributed by atoms with Gasteiger partial charge in [0.2, 0.25) is 0 Å². The Kier molecular flexibility index (Phi) is 8.06. The van der Waals surface area contributed by atoms with Crippen LogP contribution < -0.4 is 0 Å². The fourth-order valence-corrected chi connectivity index (χ4v) is 8.26. The van der Waals surface area contributed by atoms with Crippen LogP contribution >= 0.6 is 11.6 Å². The van der Waals surface area contributed by atoms with Crippen LogP contribution in [-0.2, 0) is 52.4 Å². The quantitative estimate of drug-likeness (QED) is 0.204. The van der Waals surface area contributed by atoms with Crippen molar-refractivity contribution in [3.63, 3.8) is 0 Å². The van der Waals surface area contributed by atoms with E-state index in [1.807, 2.05) is 6.92 Å². The largest absolute Gasteiger partial charge is 0.462 e. The zero-order chi connectivity index (χ0) is 30.8. The standard InChI is InChI=1S/C29H39ClO11/c1-12-19(36-15(4)31)10-20(37-16(5)32)28(9)21(38-17(6)33)11-27(8)13(2)23(30)25-29(41-27,14(3)26(35)40-25)24(22(12)28)39-18(7)34/h12,14,19-25H,2,10-11H2,1,3-9H3/t12-,14-,19+,20-,21-,22+,23-,24-,25-,27-,28+,29+/m0/s1. The summed E-state index contributed by atoms with van der Waals surface area (Å²) < 4.78 is 36.4. The van der Waals surface area contributed by atoms with Gasteiger partial charge >= 0.3 is 29.8 Å². The van der Waals surface area contributed by atoms with E-state index < -0.39 is 100 Å². The van der Waals surface area contributed by atoms with Crippen LogP contribution in [0.2, 0.25) is 0 Å². The molecular formula is C29H39ClO11. The van der Waals surface area contributed by atoms with Crippen molar-refractivity contribution < 1.29 is 52.4 Å². The van der Waals surface area contributed by atoms with Crippen LogP contribution in [0.15, 0.2) is 12.2 Å². The average Bonchev–Trinajstić information content (AvgIpc) is 3.09. The van der Waals surface area contributed by atoms with Gasteiger partial charge in [-0.1, -0.05) is 20.4 Å². The molecule has 0 N–H and O–H groups in total. The molecule has 0 aromatic carbocycles. The van der Waals surface area contributed by atoms with Gasteiger partial charge in [0.25, 0.3) is 0 Å². The van der Waals surface area contributed by atoms with Crippen molar-refractivity contribution >= 4 is 41.4 Å². The van der Waals surface area contributed by atoms with Gasteiger partial charge in [0.1, 0.15) is 24.4 Å². The SMILES string of the molecule is C=C1[C@H](Cl)[C@@H]2OC(=O)[C@H](C)[C@]23O[C@@]1(C)C[C@H](OC(C)=O)[C@]1(C)[C@H]([C@@H](C)[C@H](OC(C)=O)C[C@@H]1OC(C)=O)[C@@H]3OC(C)=O. The first-order chi connectivity index (χ1) is 18.9. The lowest BCUT2D eigenvalue weighted by atomic mass is 9.50. The van der Waals surface area contributed by atoms with Gasteiger partial charge in [-0.15, -0.1) is 11.6 Å². The first-order valence-corrected chi connectivity index (χ1v) is 14.3. The molecule has 0 radical (unpaired) electrons. The maximum Gasteiger partial charge on any atom is 0.312 e. The maximum atomic E-state index is 13.2. The molecule has 1 aliphatic carbocycles. The number of fused-ring (bicyclic) bond motifs is 2. The van der Waals surface area contributed by atoms with Gasteiger partial charge in [0.15, 0.2) is 11.7 Å². The van der Waals surface area contributed by atoms with Crippen LogP contribution in [0.4, 0.5) is 0 Å². The number of alkyl halides is 1. The van der Waals surface area contributed by atoms with Crippen molar-refractivity contribution in [2.24, 2.45) is 23.2 Å². The molecule has 3 aliphatic heterocycles. The van der Waals surface area contributed by atoms with E-state index in [1.165, 1.54) is 27.7 Å². The highest BCUT2D eigenvalue weighted by Crippen LogP contribution is 2.63. The minimum atomic E-state index is -1.61. The fraction of sp³-hybridized carbons (Fsp3) is 0.759. The van der Waals surface area contributed by atoms with Crippen LogP contribution in [0.25, 0.3) is 0 Å². The molecule has 4 fully saturated rings. The molecule has 11 nitrogen and oxygen atoms in total. The summed E-state index contributed by atoms with van der Waals surface area (Å²) in [6.45, 7) is 16.2. The topological polar surface area (TPSA) is 141 Å². The summed E-state index contributed by atoms with van der Waals surface area (Å²) in [6, 6.07) is 0. The summed E-state index contributed by atoms with van der Waals surface area (Å²) in [5.74, 6) is -5.38. The summed E-state index contributed by atoms with van der Waals surface area (Å²) in [6.07, 6.45) is -4.91. The molecule has 12 atom stereocenters. The third-order valence-corrected chi connectivity index (χ3v) is 10.2. The van der Waals surface area contributed by atoms with E-state index in [9.17, 15) is 24.0 Å². The molecule has 4 aliphatic rings. The van der Waals surface area contributed by atoms with Crippen molar-refractivity contribution in [2.75, 3.05) is 0 Å². The van der Waals surface area contributed by atoms with Crippen molar-refractivity contribution in [3.8, 4) is 0 Å². The molecule has 3 saturated heterocycles. The minimum absolute atomic E-state index is 0.0342. The van der Waals surface area contributed by atoms with Crippen LogP contribution in [0.1, 0.15) is 68.2 Å². The Labute approximate surface area is 244 Å². The molecule has 2 bridgehead atoms. The Morgan fingerprint density at radius 3 is 1.98 bits per heavy atom. The second kappa shape index (κ2) is 10.6. The van der Waals surface area contributed by atoms with Gasteiger partial charge < -0.3 is 28.4 Å². The van der Waals surface area contributed by atoms with Crippen molar-refractivity contribution in [2.45, 2.75) is 115 Å². The van der Waals surface area contributed by atoms with Gasteiger partial charge in [0, 0.05) is 57.8 Å². The number of halogens is 1. The predicted molar refractivity (Wildman–Crippen MR) is 142 cm³/mol. The number of hydrogen-bond acceptors (Lipinski definition) is 11. The summed E-state index contributed by atoms with van der Waals surface area (Å²) in [4.78, 5) is 63.3. The van der Waals surface area contributed by atoms with E-state index in [1.54, 1.807) is 20.8 Å². The van der Waals surface area contributed by atoms with Gasteiger partial charge in [-0.25, -0.2) is 0 Å². The van der Waals surface area contributed by atoms with E-state index in [4.69, 9.17) is 40.0 Å². The highest BCUT2D eigenvalue weighted by Gasteiger charge is 2.76. The Morgan fingerprint density at radius 2 is 1.44 bits per heavy atom. The number of rotatable bonds is 4. The molecule has 0 amide bonds. The highest BCUT2D eigenvalue weighted by molar-refractivity contribution is 6.23. The zero-order valence-corrected chi connectivity index (χ0v) is 25.4. The van der Waals surface area contributed by atoms with E-state index >= 15 is 0 Å². The van der Waals surface area contributed by atoms with E-state index in [0.29, 0.717) is 5.57 Å². The average molecular weight is 599 g/mol. The van der Waals surface area contributed by atoms with Crippen LogP contribution in [0.5, 0.6) is 0 Å². The second-order valence-electron chi connectivity index (χ2n) is 12.3. The lowest BCUT2D eigenvalue weighted by Gasteiger charge is -2.64. The van der Waals surface area contributed by atoms with Gasteiger partial charge in [-0.3, -0.25) is 24.0 Å². The van der Waals surface area contributed by atoms with Gasteiger partial charge in [-0.05, 0) is 19.4 Å². The molecule has 0 aromatic rings. The normalized spacial score (nSPS) is 45.1. The third-order valence-electron chi connectivity index (χ3n) is 9.68. The zero-order valence-electron chi connectivity index (χ0n) is 24.7. The maximum absolute atomic E-state index is 13.2. The Balaban J connectivity index is 2.08. The third kappa shape index (κ3) is 4.82. The molecule has 1 spiro atoms. The Hall–Kier alpha value is -2.66. The van der Waals surface area contributed by atoms with Gasteiger partial charge in [0.05, 0.1) is 16.9 Å². The Bertz CT molecular complexity index is 1170. The number of carbonyl (C=O) groups is 5. The smallest absolute Gasteiger partial charge is 0.312 e. The molecule has 228 valence electrons. The van der Waals surface area contributed by atoms with Gasteiger partial charge in [-0.2, -0.15) is 0 Å². The lowest BCUT2D eigenvalue weighted by Crippen LogP contribution is -2.76. The minimum Gasteiger partial charge on any atom is -0.462 e. The summed E-state index contributed by atoms with van der Waals surface area (Å²) >= 11 is 6.96. The van der Waals surface area contributed by atoms with Crippen molar-refractivity contribution in [1.29, 1.82) is 0 Å². The van der Waals surface area contributed by atoms with E-state index in [-0.39, 0.29) is 12.8 Å². The van der Waals surface area contributed by atoms with Crippen molar-refractivity contribution in [3.05, 3.63) is 12.2 Å². The second-order valence-corrected chi connectivity index (χ2v) is 12.7. The molecule has 41 heavy (non-hydrogen) atoms. The molecule has 0 unspecified atom stereocenters. The van der Waals surface area contributed by atoms with Crippen molar-refractivity contribution in [1.82, 2.24) is 0 Å². The first kappa shape index (κ1) is 31.3. The summed E-state index contributed by atoms with van der Waals surface area (Å²) in [5.41, 5.74) is -3.73. The molecule has 0 aromatic heterocycles. The number of hydrogen-bond donors (Lipinski definition) is 0. The Morgan fingerprint density at radius 1 is 0.902 bits per heavy atom. The fourth-order valence-electron chi connectivity index (χ4n) is 7.78. The number of esters is 5.